The first-order chi connectivity index (χ1) is 9.35. The normalized spacial score (nSPS) is 40.5. The quantitative estimate of drug-likeness (QED) is 0.375. The number of hydrogen-bond acceptors (Lipinski definition) is 5. The third kappa shape index (κ3) is 3.03. The van der Waals surface area contributed by atoms with Crippen LogP contribution < -0.4 is 0 Å². The van der Waals surface area contributed by atoms with Crippen molar-refractivity contribution in [2.75, 3.05) is 0 Å². The molecule has 0 spiro atoms. The maximum absolute atomic E-state index is 10.9. The Morgan fingerprint density at radius 3 is 2.19 bits per heavy atom. The largest absolute Gasteiger partial charge is 0.478 e. The average Bonchev–Trinajstić information content (AvgIpc) is 2.31. The number of carboxylic acid groups (broad SMARTS) is 1. The Labute approximate surface area is 124 Å². The van der Waals surface area contributed by atoms with Crippen LogP contribution in [-0.2, 0) is 4.79 Å². The van der Waals surface area contributed by atoms with Crippen molar-refractivity contribution in [1.82, 2.24) is 0 Å². The molecule has 0 radical (unpaired) electrons. The second kappa shape index (κ2) is 5.53. The predicted octanol–water partition coefficient (Wildman–Crippen LogP) is 0.207. The molecule has 4 atom stereocenters. The third-order valence-corrected chi connectivity index (χ3v) is 4.45. The van der Waals surface area contributed by atoms with Gasteiger partial charge in [-0.2, -0.15) is 0 Å². The van der Waals surface area contributed by atoms with Gasteiger partial charge in [0, 0.05) is 17.9 Å². The van der Waals surface area contributed by atoms with E-state index in [-0.39, 0.29) is 6.42 Å². The van der Waals surface area contributed by atoms with Crippen molar-refractivity contribution in [2.45, 2.75) is 57.5 Å². The smallest absolute Gasteiger partial charge is 0.328 e. The molecule has 120 valence electrons. The fraction of sp³-hybridized carbons (Fsp3) is 0.667. The Balaban J connectivity index is 3.26. The van der Waals surface area contributed by atoms with Crippen molar-refractivity contribution in [2.24, 2.45) is 5.41 Å². The second-order valence-electron chi connectivity index (χ2n) is 6.54. The molecule has 1 saturated carbocycles. The van der Waals surface area contributed by atoms with E-state index < -0.39 is 34.8 Å². The predicted molar refractivity (Wildman–Crippen MR) is 76.5 cm³/mol. The summed E-state index contributed by atoms with van der Waals surface area (Å²) in [4.78, 5) is 10.6. The number of allylic oxidation sites excluding steroid dienone is 2. The summed E-state index contributed by atoms with van der Waals surface area (Å²) < 4.78 is 0. The van der Waals surface area contributed by atoms with Crippen molar-refractivity contribution >= 4 is 5.97 Å². The third-order valence-electron chi connectivity index (χ3n) is 4.45. The molecular weight excluding hydrogens is 276 g/mol. The summed E-state index contributed by atoms with van der Waals surface area (Å²) in [6, 6.07) is 0. The Morgan fingerprint density at radius 1 is 1.19 bits per heavy atom. The molecule has 0 aromatic heterocycles. The molecular formula is C15H24O6. The maximum atomic E-state index is 10.9. The van der Waals surface area contributed by atoms with Crippen molar-refractivity contribution in [1.29, 1.82) is 0 Å². The lowest BCUT2D eigenvalue weighted by Gasteiger charge is -2.57. The number of aliphatic carboxylic acids is 1. The highest BCUT2D eigenvalue weighted by atomic mass is 16.4. The zero-order valence-corrected chi connectivity index (χ0v) is 12.7. The monoisotopic (exact) mass is 300 g/mol. The van der Waals surface area contributed by atoms with E-state index in [1.807, 2.05) is 0 Å². The highest BCUT2D eigenvalue weighted by Gasteiger charge is 2.62. The van der Waals surface area contributed by atoms with Gasteiger partial charge in [-0.1, -0.05) is 19.9 Å². The molecule has 1 aliphatic carbocycles. The van der Waals surface area contributed by atoms with Crippen molar-refractivity contribution in [3.63, 3.8) is 0 Å². The van der Waals surface area contributed by atoms with Gasteiger partial charge in [-0.25, -0.2) is 4.79 Å². The highest BCUT2D eigenvalue weighted by Crippen LogP contribution is 2.50. The summed E-state index contributed by atoms with van der Waals surface area (Å²) in [7, 11) is 0. The van der Waals surface area contributed by atoms with Gasteiger partial charge >= 0.3 is 5.97 Å². The molecule has 1 fully saturated rings. The first-order valence-corrected chi connectivity index (χ1v) is 6.76. The average molecular weight is 300 g/mol. The van der Waals surface area contributed by atoms with Crippen LogP contribution in [0, 0.1) is 5.41 Å². The molecule has 0 heterocycles. The SMILES string of the molecule is CC(C=CC1(O)C(C)(O)CC(O)C(O)C1(C)C)=CC(=O)O. The fourth-order valence-corrected chi connectivity index (χ4v) is 2.96. The number of carboxylic acids is 1. The van der Waals surface area contributed by atoms with Gasteiger partial charge < -0.3 is 25.5 Å². The number of rotatable bonds is 3. The van der Waals surface area contributed by atoms with Crippen LogP contribution in [0.25, 0.3) is 0 Å². The van der Waals surface area contributed by atoms with Gasteiger partial charge in [0.25, 0.3) is 0 Å². The van der Waals surface area contributed by atoms with Gasteiger partial charge in [-0.15, -0.1) is 0 Å². The molecule has 0 saturated heterocycles. The molecule has 0 aromatic rings. The van der Waals surface area contributed by atoms with E-state index in [0.29, 0.717) is 5.57 Å². The van der Waals surface area contributed by atoms with E-state index in [1.54, 1.807) is 6.92 Å². The molecule has 4 unspecified atom stereocenters. The van der Waals surface area contributed by atoms with E-state index in [9.17, 15) is 25.2 Å². The van der Waals surface area contributed by atoms with E-state index in [4.69, 9.17) is 5.11 Å². The van der Waals surface area contributed by atoms with Crippen LogP contribution in [0.2, 0.25) is 0 Å². The highest BCUT2D eigenvalue weighted by molar-refractivity contribution is 5.81. The lowest BCUT2D eigenvalue weighted by atomic mass is 9.56. The molecule has 5 N–H and O–H groups in total. The molecule has 6 heteroatoms. The van der Waals surface area contributed by atoms with Crippen LogP contribution in [-0.4, -0.2) is 54.9 Å². The van der Waals surface area contributed by atoms with E-state index in [1.165, 1.54) is 32.9 Å². The zero-order valence-electron chi connectivity index (χ0n) is 12.7. The maximum Gasteiger partial charge on any atom is 0.328 e. The zero-order chi connectivity index (χ0) is 16.6. The number of carbonyl (C=O) groups is 1. The Bertz CT molecular complexity index is 477. The number of aliphatic hydroxyl groups is 4. The van der Waals surface area contributed by atoms with E-state index >= 15 is 0 Å². The molecule has 0 aromatic carbocycles. The van der Waals surface area contributed by atoms with Crippen LogP contribution in [0.3, 0.4) is 0 Å². The van der Waals surface area contributed by atoms with Crippen LogP contribution in [0.4, 0.5) is 0 Å². The molecule has 21 heavy (non-hydrogen) atoms. The van der Waals surface area contributed by atoms with Gasteiger partial charge in [0.15, 0.2) is 0 Å². The van der Waals surface area contributed by atoms with Crippen LogP contribution in [0.5, 0.6) is 0 Å². The number of aliphatic hydroxyl groups excluding tert-OH is 2. The summed E-state index contributed by atoms with van der Waals surface area (Å²) in [6.07, 6.45) is 1.07. The molecule has 0 bridgehead atoms. The van der Waals surface area contributed by atoms with Crippen molar-refractivity contribution < 1.29 is 30.3 Å². The summed E-state index contributed by atoms with van der Waals surface area (Å²) in [5.74, 6) is -1.12. The first kappa shape index (κ1) is 17.8. The Morgan fingerprint density at radius 2 is 1.71 bits per heavy atom. The molecule has 1 rings (SSSR count). The van der Waals surface area contributed by atoms with Gasteiger partial charge in [0.2, 0.25) is 0 Å². The summed E-state index contributed by atoms with van der Waals surface area (Å²) in [5.41, 5.74) is -4.35. The molecule has 0 aliphatic heterocycles. The fourth-order valence-electron chi connectivity index (χ4n) is 2.96. The summed E-state index contributed by atoms with van der Waals surface area (Å²) in [6.45, 7) is 6.00. The second-order valence-corrected chi connectivity index (χ2v) is 6.54. The molecule has 6 nitrogen and oxygen atoms in total. The first-order valence-electron chi connectivity index (χ1n) is 6.76. The van der Waals surface area contributed by atoms with E-state index in [2.05, 4.69) is 0 Å². The van der Waals surface area contributed by atoms with E-state index in [0.717, 1.165) is 6.08 Å². The Kier molecular flexibility index (Phi) is 4.70. The van der Waals surface area contributed by atoms with Gasteiger partial charge in [0.05, 0.1) is 17.8 Å². The minimum atomic E-state index is -1.83. The van der Waals surface area contributed by atoms with Gasteiger partial charge in [0.1, 0.15) is 5.60 Å². The summed E-state index contributed by atoms with van der Waals surface area (Å²) >= 11 is 0. The molecule has 1 aliphatic rings. The van der Waals surface area contributed by atoms with Gasteiger partial charge in [-0.3, -0.25) is 0 Å². The van der Waals surface area contributed by atoms with Crippen LogP contribution >= 0.6 is 0 Å². The van der Waals surface area contributed by atoms with Crippen molar-refractivity contribution in [3.8, 4) is 0 Å². The standard InChI is InChI=1S/C15H24O6/c1-9(7-11(17)18)5-6-15(21)13(2,3)12(19)10(16)8-14(15,4)20/h5-7,10,12,16,19-21H,8H2,1-4H3,(H,17,18). The molecule has 0 amide bonds. The van der Waals surface area contributed by atoms with Crippen LogP contribution in [0.1, 0.15) is 34.1 Å². The number of hydrogen-bond donors (Lipinski definition) is 5. The Hall–Kier alpha value is -1.21. The van der Waals surface area contributed by atoms with Crippen molar-refractivity contribution in [3.05, 3.63) is 23.8 Å². The minimum Gasteiger partial charge on any atom is -0.478 e. The summed E-state index contributed by atoms with van der Waals surface area (Å²) in [5, 5.41) is 50.1. The van der Waals surface area contributed by atoms with Crippen LogP contribution in [0.15, 0.2) is 23.8 Å². The van der Waals surface area contributed by atoms with Gasteiger partial charge in [-0.05, 0) is 25.5 Å². The lowest BCUT2D eigenvalue weighted by Crippen LogP contribution is -2.70. The lowest BCUT2D eigenvalue weighted by molar-refractivity contribution is -0.257. The topological polar surface area (TPSA) is 118 Å². The minimum absolute atomic E-state index is 0.194.